The Morgan fingerprint density at radius 3 is 2.70 bits per heavy atom. The van der Waals surface area contributed by atoms with Crippen molar-refractivity contribution in [3.63, 3.8) is 0 Å². The highest BCUT2D eigenvalue weighted by atomic mass is 16.3. The number of H-pyrrole nitrogens is 1. The molecule has 0 bridgehead atoms. The van der Waals surface area contributed by atoms with Crippen LogP contribution in [0.1, 0.15) is 41.5 Å². The van der Waals surface area contributed by atoms with Gasteiger partial charge in [-0.25, -0.2) is 5.43 Å². The van der Waals surface area contributed by atoms with E-state index in [4.69, 9.17) is 5.11 Å². The first kappa shape index (κ1) is 13.8. The van der Waals surface area contributed by atoms with Crippen LogP contribution in [0.5, 0.6) is 5.75 Å². The van der Waals surface area contributed by atoms with Gasteiger partial charge in [0.15, 0.2) is 5.69 Å². The Morgan fingerprint density at radius 2 is 2.10 bits per heavy atom. The lowest BCUT2D eigenvalue weighted by Gasteiger charge is -1.97. The number of nitrogens with zero attached hydrogens (tertiary/aromatic N) is 2. The third-order valence-electron chi connectivity index (χ3n) is 2.73. The summed E-state index contributed by atoms with van der Waals surface area (Å²) in [5, 5.41) is 19.7. The van der Waals surface area contributed by atoms with E-state index in [1.54, 1.807) is 30.3 Å². The van der Waals surface area contributed by atoms with Crippen molar-refractivity contribution in [3.8, 4) is 5.75 Å². The standard InChI is InChI=1S/C14H16N4O2/c1-9(2)12-7-13(17-16-12)14(20)18-15-8-10-3-5-11(19)6-4-10/h3-9,19H,1-2H3,(H,16,17)(H,18,20). The average Bonchev–Trinajstić information content (AvgIpc) is 2.91. The fourth-order valence-electron chi connectivity index (χ4n) is 1.53. The van der Waals surface area contributed by atoms with Gasteiger partial charge in [0.2, 0.25) is 0 Å². The molecule has 1 aromatic carbocycles. The molecule has 0 radical (unpaired) electrons. The number of hydrogen-bond acceptors (Lipinski definition) is 4. The van der Waals surface area contributed by atoms with Gasteiger partial charge in [-0.05, 0) is 41.8 Å². The first-order chi connectivity index (χ1) is 9.56. The summed E-state index contributed by atoms with van der Waals surface area (Å²) in [6.07, 6.45) is 1.49. The van der Waals surface area contributed by atoms with Crippen molar-refractivity contribution >= 4 is 12.1 Å². The number of nitrogens with one attached hydrogen (secondary N) is 2. The van der Waals surface area contributed by atoms with Crippen LogP contribution in [0.3, 0.4) is 0 Å². The Labute approximate surface area is 116 Å². The van der Waals surface area contributed by atoms with Gasteiger partial charge < -0.3 is 5.11 Å². The molecule has 0 spiro atoms. The molecule has 0 aliphatic heterocycles. The Balaban J connectivity index is 1.95. The van der Waals surface area contributed by atoms with E-state index in [0.717, 1.165) is 11.3 Å². The van der Waals surface area contributed by atoms with E-state index in [-0.39, 0.29) is 17.6 Å². The molecule has 6 nitrogen and oxygen atoms in total. The van der Waals surface area contributed by atoms with Crippen molar-refractivity contribution in [2.45, 2.75) is 19.8 Å². The number of carbonyl (C=O) groups is 1. The van der Waals surface area contributed by atoms with Gasteiger partial charge in [0.05, 0.1) is 6.21 Å². The van der Waals surface area contributed by atoms with E-state index in [1.807, 2.05) is 13.8 Å². The van der Waals surface area contributed by atoms with Crippen LogP contribution >= 0.6 is 0 Å². The summed E-state index contributed by atoms with van der Waals surface area (Å²) in [5.41, 5.74) is 4.37. The molecule has 6 heteroatoms. The van der Waals surface area contributed by atoms with Crippen LogP contribution < -0.4 is 5.43 Å². The summed E-state index contributed by atoms with van der Waals surface area (Å²) in [4.78, 5) is 11.8. The number of hydrogen-bond donors (Lipinski definition) is 3. The van der Waals surface area contributed by atoms with Crippen LogP contribution in [0.25, 0.3) is 0 Å². The number of carbonyl (C=O) groups excluding carboxylic acids is 1. The molecule has 1 aromatic heterocycles. The molecule has 0 fully saturated rings. The summed E-state index contributed by atoms with van der Waals surface area (Å²) < 4.78 is 0. The second-order valence-electron chi connectivity index (χ2n) is 4.65. The van der Waals surface area contributed by atoms with Gasteiger partial charge >= 0.3 is 0 Å². The van der Waals surface area contributed by atoms with Gasteiger partial charge in [-0.3, -0.25) is 9.89 Å². The number of aromatic hydroxyl groups is 1. The zero-order valence-corrected chi connectivity index (χ0v) is 11.3. The maximum Gasteiger partial charge on any atom is 0.291 e. The van der Waals surface area contributed by atoms with E-state index < -0.39 is 0 Å². The number of amides is 1. The van der Waals surface area contributed by atoms with E-state index in [9.17, 15) is 4.79 Å². The molecule has 1 heterocycles. The molecule has 0 aliphatic carbocycles. The normalized spacial score (nSPS) is 11.2. The zero-order chi connectivity index (χ0) is 14.5. The highest BCUT2D eigenvalue weighted by Crippen LogP contribution is 2.11. The van der Waals surface area contributed by atoms with Crippen molar-refractivity contribution in [3.05, 3.63) is 47.3 Å². The summed E-state index contributed by atoms with van der Waals surface area (Å²) in [7, 11) is 0. The predicted molar refractivity (Wildman–Crippen MR) is 75.8 cm³/mol. The zero-order valence-electron chi connectivity index (χ0n) is 11.3. The molecule has 0 atom stereocenters. The maximum atomic E-state index is 11.8. The number of aromatic amines is 1. The molecule has 0 unspecified atom stereocenters. The highest BCUT2D eigenvalue weighted by Gasteiger charge is 2.10. The van der Waals surface area contributed by atoms with Crippen LogP contribution in [0.2, 0.25) is 0 Å². The first-order valence-electron chi connectivity index (χ1n) is 6.24. The van der Waals surface area contributed by atoms with Gasteiger partial charge in [-0.2, -0.15) is 10.2 Å². The number of phenolic OH excluding ortho intramolecular Hbond substituents is 1. The minimum Gasteiger partial charge on any atom is -0.508 e. The summed E-state index contributed by atoms with van der Waals surface area (Å²) in [6.45, 7) is 4.02. The summed E-state index contributed by atoms with van der Waals surface area (Å²) in [6, 6.07) is 8.18. The molecule has 0 saturated heterocycles. The Hall–Kier alpha value is -2.63. The fourth-order valence-corrected chi connectivity index (χ4v) is 1.53. The van der Waals surface area contributed by atoms with Crippen molar-refractivity contribution in [2.24, 2.45) is 5.10 Å². The smallest absolute Gasteiger partial charge is 0.291 e. The Morgan fingerprint density at radius 1 is 1.40 bits per heavy atom. The van der Waals surface area contributed by atoms with Gasteiger partial charge in [-0.1, -0.05) is 13.8 Å². The van der Waals surface area contributed by atoms with Crippen LogP contribution in [0.15, 0.2) is 35.4 Å². The quantitative estimate of drug-likeness (QED) is 0.587. The van der Waals surface area contributed by atoms with Crippen molar-refractivity contribution in [2.75, 3.05) is 0 Å². The van der Waals surface area contributed by atoms with Gasteiger partial charge in [-0.15, -0.1) is 0 Å². The molecular weight excluding hydrogens is 256 g/mol. The Bertz CT molecular complexity index is 614. The van der Waals surface area contributed by atoms with Crippen LogP contribution in [-0.2, 0) is 0 Å². The lowest BCUT2D eigenvalue weighted by atomic mass is 10.1. The van der Waals surface area contributed by atoms with Gasteiger partial charge in [0.25, 0.3) is 5.91 Å². The number of benzene rings is 1. The largest absolute Gasteiger partial charge is 0.508 e. The average molecular weight is 272 g/mol. The maximum absolute atomic E-state index is 11.8. The molecule has 2 aromatic rings. The second kappa shape index (κ2) is 6.01. The van der Waals surface area contributed by atoms with E-state index in [0.29, 0.717) is 5.69 Å². The number of hydrazone groups is 1. The molecule has 0 saturated carbocycles. The molecule has 20 heavy (non-hydrogen) atoms. The first-order valence-corrected chi connectivity index (χ1v) is 6.24. The molecule has 0 aliphatic rings. The van der Waals surface area contributed by atoms with Crippen LogP contribution in [-0.4, -0.2) is 27.4 Å². The molecule has 3 N–H and O–H groups in total. The van der Waals surface area contributed by atoms with E-state index in [1.165, 1.54) is 6.21 Å². The topological polar surface area (TPSA) is 90.4 Å². The number of aromatic nitrogens is 2. The summed E-state index contributed by atoms with van der Waals surface area (Å²) >= 11 is 0. The van der Waals surface area contributed by atoms with Crippen molar-refractivity contribution in [1.82, 2.24) is 15.6 Å². The third kappa shape index (κ3) is 3.44. The van der Waals surface area contributed by atoms with Crippen LogP contribution in [0, 0.1) is 0 Å². The lowest BCUT2D eigenvalue weighted by molar-refractivity contribution is 0.0950. The summed E-state index contributed by atoms with van der Waals surface area (Å²) in [5.74, 6) is 0.0941. The number of rotatable bonds is 4. The van der Waals surface area contributed by atoms with E-state index in [2.05, 4.69) is 20.7 Å². The minimum absolute atomic E-state index is 0.184. The molecular formula is C14H16N4O2. The second-order valence-corrected chi connectivity index (χ2v) is 4.65. The fraction of sp³-hybridized carbons (Fsp3) is 0.214. The molecule has 1 amide bonds. The van der Waals surface area contributed by atoms with Gasteiger partial charge in [0, 0.05) is 5.69 Å². The highest BCUT2D eigenvalue weighted by molar-refractivity contribution is 5.93. The molecule has 2 rings (SSSR count). The Kier molecular flexibility index (Phi) is 4.14. The molecule has 104 valence electrons. The minimum atomic E-state index is -0.372. The van der Waals surface area contributed by atoms with Gasteiger partial charge in [0.1, 0.15) is 5.75 Å². The monoisotopic (exact) mass is 272 g/mol. The SMILES string of the molecule is CC(C)c1cc(C(=O)NN=Cc2ccc(O)cc2)n[nH]1. The van der Waals surface area contributed by atoms with Crippen molar-refractivity contribution < 1.29 is 9.90 Å². The van der Waals surface area contributed by atoms with Crippen molar-refractivity contribution in [1.29, 1.82) is 0 Å². The number of phenols is 1. The lowest BCUT2D eigenvalue weighted by Crippen LogP contribution is -2.18. The third-order valence-corrected chi connectivity index (χ3v) is 2.73. The van der Waals surface area contributed by atoms with E-state index >= 15 is 0 Å². The van der Waals surface area contributed by atoms with Crippen LogP contribution in [0.4, 0.5) is 0 Å². The predicted octanol–water partition coefficient (Wildman–Crippen LogP) is 2.00.